The predicted octanol–water partition coefficient (Wildman–Crippen LogP) is 0.221. The Labute approximate surface area is 63.4 Å². The number of aliphatic hydroxyl groups excluding tert-OH is 1. The summed E-state index contributed by atoms with van der Waals surface area (Å²) in [5.74, 6) is -0.752. The third-order valence-corrected chi connectivity index (χ3v) is 1.20. The lowest BCUT2D eigenvalue weighted by Gasteiger charge is -2.16. The summed E-state index contributed by atoms with van der Waals surface area (Å²) >= 11 is 0. The maximum atomic E-state index is 10.8. The third-order valence-electron chi connectivity index (χ3n) is 1.20. The third kappa shape index (κ3) is 2.10. The molecule has 0 spiro atoms. The average Bonchev–Trinajstić information content (AvgIpc) is 2.03. The first-order chi connectivity index (χ1) is 5.10. The number of aliphatic hydroxyl groups is 1. The highest BCUT2D eigenvalue weighted by atomic mass is 16.5. The molecule has 0 bridgehead atoms. The minimum atomic E-state index is -1.50. The Morgan fingerprint density at radius 2 is 2.45 bits per heavy atom. The first-order valence-corrected chi connectivity index (χ1v) is 2.86. The Kier molecular flexibility index (Phi) is 3.36. The summed E-state index contributed by atoms with van der Waals surface area (Å²) in [5.41, 5.74) is 6.52. The van der Waals surface area contributed by atoms with Gasteiger partial charge >= 0.3 is 5.97 Å². The molecular formula is C5H9N3O3. The zero-order valence-corrected chi connectivity index (χ0v) is 6.31. The zero-order chi connectivity index (χ0) is 8.91. The summed E-state index contributed by atoms with van der Waals surface area (Å²) in [6.45, 7) is 0.724. The van der Waals surface area contributed by atoms with Gasteiger partial charge in [-0.1, -0.05) is 5.11 Å². The Hall–Kier alpha value is -1.26. The monoisotopic (exact) mass is 159 g/mol. The first kappa shape index (κ1) is 9.74. The molecule has 11 heavy (non-hydrogen) atoms. The number of carbonyl (C=O) groups excluding carboxylic acids is 1. The normalized spacial score (nSPS) is 14.5. The van der Waals surface area contributed by atoms with Crippen LogP contribution in [-0.4, -0.2) is 30.3 Å². The Morgan fingerprint density at radius 1 is 1.91 bits per heavy atom. The van der Waals surface area contributed by atoms with Crippen LogP contribution in [-0.2, 0) is 9.53 Å². The average molecular weight is 159 g/mol. The fourth-order valence-corrected chi connectivity index (χ4v) is 0.456. The number of hydrogen-bond donors (Lipinski definition) is 1. The van der Waals surface area contributed by atoms with E-state index in [0.717, 1.165) is 7.11 Å². The van der Waals surface area contributed by atoms with Crippen molar-refractivity contribution in [1.29, 1.82) is 0 Å². The van der Waals surface area contributed by atoms with Crippen molar-refractivity contribution < 1.29 is 14.6 Å². The number of azide groups is 1. The van der Waals surface area contributed by atoms with Gasteiger partial charge < -0.3 is 9.84 Å². The van der Waals surface area contributed by atoms with E-state index in [1.165, 1.54) is 6.92 Å². The molecule has 0 rings (SSSR count). The molecule has 6 heteroatoms. The molecule has 0 aromatic carbocycles. The second-order valence-corrected chi connectivity index (χ2v) is 2.11. The predicted molar refractivity (Wildman–Crippen MR) is 36.7 cm³/mol. The summed E-state index contributed by atoms with van der Waals surface area (Å²) in [6.07, 6.45) is 0. The van der Waals surface area contributed by atoms with E-state index in [2.05, 4.69) is 14.8 Å². The van der Waals surface area contributed by atoms with Crippen LogP contribution in [0.25, 0.3) is 10.4 Å². The molecule has 0 saturated carbocycles. The number of ether oxygens (including phenoxy) is 1. The highest BCUT2D eigenvalue weighted by Gasteiger charge is 2.32. The molecular weight excluding hydrogens is 150 g/mol. The largest absolute Gasteiger partial charge is 0.468 e. The van der Waals surface area contributed by atoms with Gasteiger partial charge in [-0.25, -0.2) is 0 Å². The summed E-state index contributed by atoms with van der Waals surface area (Å²) in [5, 5.41) is 11.8. The van der Waals surface area contributed by atoms with Crippen LogP contribution >= 0.6 is 0 Å². The van der Waals surface area contributed by atoms with Crippen molar-refractivity contribution in [3.63, 3.8) is 0 Å². The number of esters is 1. The molecule has 6 nitrogen and oxygen atoms in total. The number of carbonyl (C=O) groups is 1. The lowest BCUT2D eigenvalue weighted by atomic mass is 10.1. The lowest BCUT2D eigenvalue weighted by Crippen LogP contribution is -2.37. The van der Waals surface area contributed by atoms with Crippen LogP contribution in [0.3, 0.4) is 0 Å². The molecule has 62 valence electrons. The lowest BCUT2D eigenvalue weighted by molar-refractivity contribution is -0.147. The van der Waals surface area contributed by atoms with Gasteiger partial charge in [-0.2, -0.15) is 0 Å². The van der Waals surface area contributed by atoms with Gasteiger partial charge in [0.1, 0.15) is 0 Å². The van der Waals surface area contributed by atoms with Gasteiger partial charge in [0.15, 0.2) is 5.54 Å². The van der Waals surface area contributed by atoms with Crippen LogP contribution in [0.5, 0.6) is 0 Å². The topological polar surface area (TPSA) is 95.3 Å². The molecule has 1 atom stereocenters. The van der Waals surface area contributed by atoms with Crippen molar-refractivity contribution in [2.45, 2.75) is 12.5 Å². The van der Waals surface area contributed by atoms with Crippen LogP contribution in [0.1, 0.15) is 6.92 Å². The van der Waals surface area contributed by atoms with E-state index >= 15 is 0 Å². The van der Waals surface area contributed by atoms with E-state index in [1.807, 2.05) is 0 Å². The van der Waals surface area contributed by atoms with Crippen molar-refractivity contribution in [1.82, 2.24) is 0 Å². The van der Waals surface area contributed by atoms with Crippen molar-refractivity contribution >= 4 is 5.97 Å². The Bertz CT molecular complexity index is 199. The van der Waals surface area contributed by atoms with E-state index in [4.69, 9.17) is 10.6 Å². The number of nitrogens with zero attached hydrogens (tertiary/aromatic N) is 3. The minimum absolute atomic E-state index is 0.566. The number of rotatable bonds is 3. The van der Waals surface area contributed by atoms with E-state index in [-0.39, 0.29) is 0 Å². The van der Waals surface area contributed by atoms with Crippen molar-refractivity contribution in [3.8, 4) is 0 Å². The van der Waals surface area contributed by atoms with Crippen molar-refractivity contribution in [2.75, 3.05) is 13.7 Å². The van der Waals surface area contributed by atoms with E-state index < -0.39 is 18.1 Å². The molecule has 0 aliphatic carbocycles. The van der Waals surface area contributed by atoms with E-state index in [0.29, 0.717) is 0 Å². The molecule has 0 aromatic heterocycles. The van der Waals surface area contributed by atoms with Crippen LogP contribution in [0.2, 0.25) is 0 Å². The highest BCUT2D eigenvalue weighted by Crippen LogP contribution is 2.10. The molecule has 0 aliphatic heterocycles. The summed E-state index contributed by atoms with van der Waals surface area (Å²) in [6, 6.07) is 0. The maximum absolute atomic E-state index is 10.8. The molecule has 0 fully saturated rings. The summed E-state index contributed by atoms with van der Waals surface area (Å²) < 4.78 is 4.30. The molecule has 0 aromatic rings. The minimum Gasteiger partial charge on any atom is -0.468 e. The van der Waals surface area contributed by atoms with Crippen molar-refractivity contribution in [2.24, 2.45) is 5.11 Å². The van der Waals surface area contributed by atoms with Gasteiger partial charge in [-0.3, -0.25) is 4.79 Å². The zero-order valence-electron chi connectivity index (χ0n) is 6.31. The summed E-state index contributed by atoms with van der Waals surface area (Å²) in [7, 11) is 1.16. The van der Waals surface area contributed by atoms with Crippen molar-refractivity contribution in [3.05, 3.63) is 10.4 Å². The fourth-order valence-electron chi connectivity index (χ4n) is 0.456. The van der Waals surface area contributed by atoms with Gasteiger partial charge in [-0.05, 0) is 12.5 Å². The number of methoxy groups -OCH3 is 1. The molecule has 0 radical (unpaired) electrons. The Morgan fingerprint density at radius 3 is 2.73 bits per heavy atom. The first-order valence-electron chi connectivity index (χ1n) is 2.86. The molecule has 0 aliphatic rings. The molecule has 0 heterocycles. The maximum Gasteiger partial charge on any atom is 0.319 e. The van der Waals surface area contributed by atoms with Crippen LogP contribution < -0.4 is 0 Å². The van der Waals surface area contributed by atoms with Gasteiger partial charge in [0.2, 0.25) is 0 Å². The smallest absolute Gasteiger partial charge is 0.319 e. The quantitative estimate of drug-likeness (QED) is 0.276. The van der Waals surface area contributed by atoms with E-state index in [9.17, 15) is 4.79 Å². The van der Waals surface area contributed by atoms with Gasteiger partial charge in [0.25, 0.3) is 0 Å². The van der Waals surface area contributed by atoms with Crippen LogP contribution in [0.4, 0.5) is 0 Å². The highest BCUT2D eigenvalue weighted by molar-refractivity contribution is 5.80. The second kappa shape index (κ2) is 3.80. The van der Waals surface area contributed by atoms with Crippen LogP contribution in [0.15, 0.2) is 5.11 Å². The Balaban J connectivity index is 4.58. The fraction of sp³-hybridized carbons (Fsp3) is 0.800. The molecule has 1 N–H and O–H groups in total. The standard InChI is InChI=1S/C5H9N3O3/c1-5(3-9,7-8-6)4(10)11-2/h9H,3H2,1-2H3. The van der Waals surface area contributed by atoms with Gasteiger partial charge in [0, 0.05) is 4.91 Å². The number of hydrogen-bond acceptors (Lipinski definition) is 4. The summed E-state index contributed by atoms with van der Waals surface area (Å²) in [4.78, 5) is 13.2. The SMILES string of the molecule is COC(=O)C(C)(CO)N=[N+]=[N-]. The molecule has 0 saturated heterocycles. The van der Waals surface area contributed by atoms with Gasteiger partial charge in [0.05, 0.1) is 13.7 Å². The van der Waals surface area contributed by atoms with Gasteiger partial charge in [-0.15, -0.1) is 0 Å². The molecule has 1 unspecified atom stereocenters. The molecule has 0 amide bonds. The second-order valence-electron chi connectivity index (χ2n) is 2.11. The van der Waals surface area contributed by atoms with Crippen LogP contribution in [0, 0.1) is 0 Å². The van der Waals surface area contributed by atoms with E-state index in [1.54, 1.807) is 0 Å².